The number of hydrogen-bond acceptors (Lipinski definition) is 8. The first-order valence-electron chi connectivity index (χ1n) is 9.36. The van der Waals surface area contributed by atoms with Crippen molar-refractivity contribution in [3.63, 3.8) is 0 Å². The van der Waals surface area contributed by atoms with E-state index in [1.807, 2.05) is 0 Å². The first-order chi connectivity index (χ1) is 14.9. The number of ether oxygens (including phenoxy) is 3. The molecule has 1 saturated heterocycles. The predicted octanol–water partition coefficient (Wildman–Crippen LogP) is 2.22. The van der Waals surface area contributed by atoms with Gasteiger partial charge in [0.05, 0.1) is 48.8 Å². The highest BCUT2D eigenvalue weighted by Gasteiger charge is 2.49. The van der Waals surface area contributed by atoms with Crippen molar-refractivity contribution in [2.24, 2.45) is 5.41 Å². The van der Waals surface area contributed by atoms with E-state index in [1.54, 1.807) is 13.8 Å². The molecule has 0 aromatic heterocycles. The number of nitrogens with one attached hydrogen (secondary N) is 1. The summed E-state index contributed by atoms with van der Waals surface area (Å²) in [5.41, 5.74) is -0.813. The van der Waals surface area contributed by atoms with E-state index < -0.39 is 31.4 Å². The van der Waals surface area contributed by atoms with E-state index in [4.69, 9.17) is 14.2 Å². The summed E-state index contributed by atoms with van der Waals surface area (Å²) in [6.45, 7) is 3.10. The first kappa shape index (κ1) is 23.7. The topological polar surface area (TPSA) is 128 Å². The lowest BCUT2D eigenvalue weighted by molar-refractivity contribution is -0.123. The van der Waals surface area contributed by atoms with Gasteiger partial charge in [0.25, 0.3) is 10.0 Å². The SMILES string of the molecule is COc1cc(NS(=O)(=O)c2ccc(N3C(=O)C(C)(C)CS3(=O)=O)cc2)cc(OC)c1OC. The van der Waals surface area contributed by atoms with Gasteiger partial charge >= 0.3 is 0 Å². The average Bonchev–Trinajstić information content (AvgIpc) is 2.89. The summed E-state index contributed by atoms with van der Waals surface area (Å²) in [6, 6.07) is 7.88. The fourth-order valence-electron chi connectivity index (χ4n) is 3.38. The number of carbonyl (C=O) groups is 1. The highest BCUT2D eigenvalue weighted by atomic mass is 32.2. The monoisotopic (exact) mass is 484 g/mol. The summed E-state index contributed by atoms with van der Waals surface area (Å²) in [5, 5.41) is 0. The Balaban J connectivity index is 1.92. The van der Waals surface area contributed by atoms with E-state index in [0.717, 1.165) is 4.31 Å². The summed E-state index contributed by atoms with van der Waals surface area (Å²) >= 11 is 0. The molecule has 1 N–H and O–H groups in total. The van der Waals surface area contributed by atoms with E-state index in [0.29, 0.717) is 5.75 Å². The molecule has 0 aliphatic carbocycles. The van der Waals surface area contributed by atoms with Gasteiger partial charge in [0, 0.05) is 12.1 Å². The van der Waals surface area contributed by atoms with Crippen molar-refractivity contribution in [2.75, 3.05) is 36.1 Å². The molecule has 0 spiro atoms. The third kappa shape index (κ3) is 4.19. The zero-order valence-electron chi connectivity index (χ0n) is 18.2. The van der Waals surface area contributed by atoms with Crippen LogP contribution in [0.15, 0.2) is 41.3 Å². The van der Waals surface area contributed by atoms with Crippen LogP contribution in [0.25, 0.3) is 0 Å². The Labute approximate surface area is 187 Å². The Morgan fingerprint density at radius 3 is 1.91 bits per heavy atom. The van der Waals surface area contributed by atoms with Gasteiger partial charge in [-0.3, -0.25) is 9.52 Å². The molecule has 0 radical (unpaired) electrons. The van der Waals surface area contributed by atoms with Gasteiger partial charge in [0.2, 0.25) is 21.7 Å². The van der Waals surface area contributed by atoms with Crippen LogP contribution < -0.4 is 23.2 Å². The fourth-order valence-corrected chi connectivity index (χ4v) is 6.52. The van der Waals surface area contributed by atoms with Crippen LogP contribution in [0.2, 0.25) is 0 Å². The molecule has 0 atom stereocenters. The second kappa shape index (κ2) is 8.17. The minimum Gasteiger partial charge on any atom is -0.493 e. The first-order valence-corrected chi connectivity index (χ1v) is 12.5. The number of hydrogen-bond donors (Lipinski definition) is 1. The number of nitrogens with zero attached hydrogens (tertiary/aromatic N) is 1. The molecule has 174 valence electrons. The Kier molecular flexibility index (Phi) is 6.04. The summed E-state index contributed by atoms with van der Waals surface area (Å²) in [5.74, 6) is -0.0485. The molecule has 0 unspecified atom stereocenters. The largest absolute Gasteiger partial charge is 0.493 e. The summed E-state index contributed by atoms with van der Waals surface area (Å²) in [7, 11) is -3.64. The molecular weight excluding hydrogens is 460 g/mol. The summed E-state index contributed by atoms with van der Waals surface area (Å²) in [6.07, 6.45) is 0. The molecule has 2 aromatic rings. The zero-order valence-corrected chi connectivity index (χ0v) is 19.8. The van der Waals surface area contributed by atoms with Crippen LogP contribution in [0.1, 0.15) is 13.8 Å². The molecule has 1 aliphatic heterocycles. The average molecular weight is 485 g/mol. The maximum absolute atomic E-state index is 12.9. The van der Waals surface area contributed by atoms with E-state index in [1.165, 1.54) is 57.7 Å². The van der Waals surface area contributed by atoms with Crippen molar-refractivity contribution < 1.29 is 35.8 Å². The van der Waals surface area contributed by atoms with Gasteiger partial charge in [-0.05, 0) is 38.1 Å². The molecule has 3 rings (SSSR count). The normalized spacial score (nSPS) is 17.2. The van der Waals surface area contributed by atoms with Gasteiger partial charge in [0.1, 0.15) is 0 Å². The van der Waals surface area contributed by atoms with Crippen LogP contribution in [0.5, 0.6) is 17.2 Å². The van der Waals surface area contributed by atoms with Crippen LogP contribution in [-0.4, -0.2) is 49.8 Å². The van der Waals surface area contributed by atoms with Crippen molar-refractivity contribution in [3.05, 3.63) is 36.4 Å². The number of benzene rings is 2. The fraction of sp³-hybridized carbons (Fsp3) is 0.350. The van der Waals surface area contributed by atoms with Crippen molar-refractivity contribution >= 4 is 37.3 Å². The highest BCUT2D eigenvalue weighted by Crippen LogP contribution is 2.40. The van der Waals surface area contributed by atoms with Crippen LogP contribution in [0.4, 0.5) is 11.4 Å². The number of rotatable bonds is 7. The molecule has 0 saturated carbocycles. The van der Waals surface area contributed by atoms with Gasteiger partial charge in [0.15, 0.2) is 11.5 Å². The van der Waals surface area contributed by atoms with Gasteiger partial charge in [-0.25, -0.2) is 21.1 Å². The van der Waals surface area contributed by atoms with Crippen LogP contribution in [0.3, 0.4) is 0 Å². The van der Waals surface area contributed by atoms with Gasteiger partial charge < -0.3 is 14.2 Å². The van der Waals surface area contributed by atoms with E-state index in [2.05, 4.69) is 4.72 Å². The Morgan fingerprint density at radius 2 is 1.50 bits per heavy atom. The van der Waals surface area contributed by atoms with Crippen LogP contribution in [0, 0.1) is 5.41 Å². The predicted molar refractivity (Wildman–Crippen MR) is 118 cm³/mol. The third-order valence-electron chi connectivity index (χ3n) is 4.88. The zero-order chi connectivity index (χ0) is 23.9. The number of methoxy groups -OCH3 is 3. The van der Waals surface area contributed by atoms with Crippen LogP contribution in [-0.2, 0) is 24.8 Å². The molecule has 12 heteroatoms. The number of sulfonamides is 2. The molecule has 1 heterocycles. The smallest absolute Gasteiger partial charge is 0.261 e. The van der Waals surface area contributed by atoms with Crippen molar-refractivity contribution in [2.45, 2.75) is 18.7 Å². The molecule has 10 nitrogen and oxygen atoms in total. The van der Waals surface area contributed by atoms with Crippen molar-refractivity contribution in [3.8, 4) is 17.2 Å². The van der Waals surface area contributed by atoms with E-state index in [9.17, 15) is 21.6 Å². The molecule has 1 amide bonds. The van der Waals surface area contributed by atoms with Crippen molar-refractivity contribution in [1.29, 1.82) is 0 Å². The molecule has 1 fully saturated rings. The Morgan fingerprint density at radius 1 is 0.969 bits per heavy atom. The second-order valence-electron chi connectivity index (χ2n) is 7.72. The van der Waals surface area contributed by atoms with Crippen LogP contribution >= 0.6 is 0 Å². The molecule has 1 aliphatic rings. The maximum atomic E-state index is 12.9. The van der Waals surface area contributed by atoms with Gasteiger partial charge in [-0.2, -0.15) is 0 Å². The number of carbonyl (C=O) groups excluding carboxylic acids is 1. The molecule has 2 aromatic carbocycles. The summed E-state index contributed by atoms with van der Waals surface area (Å²) < 4.78 is 69.4. The Hall–Kier alpha value is -2.99. The molecule has 0 bridgehead atoms. The molecular formula is C20H24N2O8S2. The van der Waals surface area contributed by atoms with E-state index >= 15 is 0 Å². The second-order valence-corrected chi connectivity index (χ2v) is 11.2. The standard InChI is InChI=1S/C20H24N2O8S2/c1-20(2)12-31(24,25)22(19(20)23)14-6-8-15(9-7-14)32(26,27)21-13-10-16(28-3)18(30-5)17(11-13)29-4/h6-11,21H,12H2,1-5H3. The number of anilines is 2. The minimum absolute atomic E-state index is 0.0762. The van der Waals surface area contributed by atoms with Gasteiger partial charge in [-0.15, -0.1) is 0 Å². The van der Waals surface area contributed by atoms with Crippen molar-refractivity contribution in [1.82, 2.24) is 0 Å². The lowest BCUT2D eigenvalue weighted by Crippen LogP contribution is -2.32. The summed E-state index contributed by atoms with van der Waals surface area (Å²) in [4.78, 5) is 12.4. The van der Waals surface area contributed by atoms with E-state index in [-0.39, 0.29) is 33.5 Å². The lowest BCUT2D eigenvalue weighted by atomic mass is 9.95. The quantitative estimate of drug-likeness (QED) is 0.634. The lowest BCUT2D eigenvalue weighted by Gasteiger charge is -2.18. The minimum atomic E-state index is -4.04. The number of amides is 1. The van der Waals surface area contributed by atoms with Gasteiger partial charge in [-0.1, -0.05) is 0 Å². The third-order valence-corrected chi connectivity index (χ3v) is 8.30. The Bertz CT molecular complexity index is 1230. The highest BCUT2D eigenvalue weighted by molar-refractivity contribution is 7.94. The molecule has 32 heavy (non-hydrogen) atoms. The maximum Gasteiger partial charge on any atom is 0.261 e.